The van der Waals surface area contributed by atoms with Gasteiger partial charge in [0.2, 0.25) is 0 Å². The number of aromatic nitrogens is 1. The zero-order chi connectivity index (χ0) is 19.9. The number of hydrogen-bond acceptors (Lipinski definition) is 3. The van der Waals surface area contributed by atoms with E-state index in [-0.39, 0.29) is 24.9 Å². The summed E-state index contributed by atoms with van der Waals surface area (Å²) in [5.74, 6) is 0.969. The molecule has 8 heteroatoms. The first kappa shape index (κ1) is 20.1. The number of amides is 2. The lowest BCUT2D eigenvalue weighted by Crippen LogP contribution is -3.11. The molecule has 148 valence electrons. The predicted octanol–water partition coefficient (Wildman–Crippen LogP) is -0.0439. The zero-order valence-corrected chi connectivity index (χ0v) is 16.7. The monoisotopic (exact) mass is 403 g/mol. The van der Waals surface area contributed by atoms with Crippen LogP contribution in [0, 0.1) is 0 Å². The number of aromatic amines is 1. The highest BCUT2D eigenvalue weighted by atomic mass is 35.5. The smallest absolute Gasteiger partial charge is 0.279 e. The van der Waals surface area contributed by atoms with Gasteiger partial charge in [0.25, 0.3) is 17.6 Å². The first-order chi connectivity index (χ1) is 13.5. The van der Waals surface area contributed by atoms with E-state index in [9.17, 15) is 9.59 Å². The Hall–Kier alpha value is -2.64. The normalized spacial score (nSPS) is 15.2. The summed E-state index contributed by atoms with van der Waals surface area (Å²) in [6, 6.07) is 13.1. The van der Waals surface area contributed by atoms with Crippen molar-refractivity contribution in [3.63, 3.8) is 0 Å². The highest BCUT2D eigenvalue weighted by Gasteiger charge is 2.27. The molecule has 28 heavy (non-hydrogen) atoms. The van der Waals surface area contributed by atoms with Crippen molar-refractivity contribution in [1.29, 1.82) is 0 Å². The maximum atomic E-state index is 12.6. The largest absolute Gasteiger partial charge is 0.330 e. The van der Waals surface area contributed by atoms with Gasteiger partial charge in [-0.25, -0.2) is 4.98 Å². The van der Waals surface area contributed by atoms with E-state index >= 15 is 0 Å². The quantitative estimate of drug-likeness (QED) is 0.710. The number of halogens is 1. The zero-order valence-electron chi connectivity index (χ0n) is 16.0. The summed E-state index contributed by atoms with van der Waals surface area (Å²) in [5, 5.41) is 3.29. The Bertz CT molecular complexity index is 809. The van der Waals surface area contributed by atoms with Gasteiger partial charge in [-0.1, -0.05) is 29.8 Å². The van der Waals surface area contributed by atoms with E-state index < -0.39 is 0 Å². The van der Waals surface area contributed by atoms with Gasteiger partial charge in [0.1, 0.15) is 13.1 Å². The highest BCUT2D eigenvalue weighted by molar-refractivity contribution is 6.33. The molecule has 1 atom stereocenters. The molecular formula is C20H26ClN5O2+2. The van der Waals surface area contributed by atoms with Crippen LogP contribution < -0.4 is 20.1 Å². The summed E-state index contributed by atoms with van der Waals surface area (Å²) < 4.78 is 0. The minimum atomic E-state index is -0.164. The number of H-pyrrole nitrogens is 1. The molecule has 1 fully saturated rings. The van der Waals surface area contributed by atoms with Crippen LogP contribution in [-0.2, 0) is 9.59 Å². The number of nitrogens with zero attached hydrogens (tertiary/aromatic N) is 2. The van der Waals surface area contributed by atoms with Gasteiger partial charge >= 0.3 is 0 Å². The van der Waals surface area contributed by atoms with E-state index in [0.717, 1.165) is 23.8 Å². The van der Waals surface area contributed by atoms with Crippen molar-refractivity contribution in [2.24, 2.45) is 0 Å². The second kappa shape index (κ2) is 9.52. The number of hydrogen-bond donors (Lipinski definition) is 2. The van der Waals surface area contributed by atoms with E-state index in [1.54, 1.807) is 12.1 Å². The van der Waals surface area contributed by atoms with Crippen molar-refractivity contribution in [1.82, 2.24) is 4.90 Å². The Morgan fingerprint density at radius 3 is 2.46 bits per heavy atom. The second-order valence-corrected chi connectivity index (χ2v) is 7.36. The number of para-hydroxylation sites is 1. The molecule has 1 saturated heterocycles. The summed E-state index contributed by atoms with van der Waals surface area (Å²) in [5.41, 5.74) is 0.585. The summed E-state index contributed by atoms with van der Waals surface area (Å²) in [7, 11) is 1.85. The first-order valence-corrected chi connectivity index (χ1v) is 9.76. The van der Waals surface area contributed by atoms with Crippen molar-refractivity contribution in [3.8, 4) is 0 Å². The molecule has 1 aliphatic rings. The molecule has 1 unspecified atom stereocenters. The number of rotatable bonds is 6. The SMILES string of the molecule is C[NH+](CC(=O)Nc1ccccc1Cl)CC(=O)N1CCN(c2cccc[nH+]2)CC1. The van der Waals surface area contributed by atoms with Crippen LogP contribution in [0.1, 0.15) is 0 Å². The van der Waals surface area contributed by atoms with E-state index in [0.29, 0.717) is 23.8 Å². The fourth-order valence-corrected chi connectivity index (χ4v) is 3.42. The molecular weight excluding hydrogens is 378 g/mol. The van der Waals surface area contributed by atoms with Crippen LogP contribution in [0.4, 0.5) is 11.5 Å². The van der Waals surface area contributed by atoms with Crippen molar-refractivity contribution < 1.29 is 19.5 Å². The Balaban J connectivity index is 1.43. The van der Waals surface area contributed by atoms with Gasteiger partial charge in [-0.15, -0.1) is 0 Å². The Kier molecular flexibility index (Phi) is 6.84. The number of carbonyl (C=O) groups excluding carboxylic acids is 2. The minimum absolute atomic E-state index is 0.0692. The van der Waals surface area contributed by atoms with Crippen LogP contribution in [0.3, 0.4) is 0 Å². The molecule has 1 aromatic heterocycles. The van der Waals surface area contributed by atoms with Gasteiger partial charge in [0.15, 0.2) is 13.1 Å². The predicted molar refractivity (Wildman–Crippen MR) is 108 cm³/mol. The summed E-state index contributed by atoms with van der Waals surface area (Å²) >= 11 is 6.06. The average Bonchev–Trinajstić information content (AvgIpc) is 2.70. The van der Waals surface area contributed by atoms with E-state index in [1.807, 2.05) is 48.5 Å². The Morgan fingerprint density at radius 2 is 1.79 bits per heavy atom. The van der Waals surface area contributed by atoms with Gasteiger partial charge in [0.05, 0.1) is 37.0 Å². The number of carbonyl (C=O) groups is 2. The summed E-state index contributed by atoms with van der Waals surface area (Å²) in [4.78, 5) is 32.9. The first-order valence-electron chi connectivity index (χ1n) is 9.38. The van der Waals surface area contributed by atoms with Crippen LogP contribution in [0.2, 0.25) is 5.02 Å². The van der Waals surface area contributed by atoms with E-state index in [1.165, 1.54) is 0 Å². The number of pyridine rings is 1. The lowest BCUT2D eigenvalue weighted by atomic mass is 10.3. The third-order valence-corrected chi connectivity index (χ3v) is 5.06. The number of anilines is 2. The molecule has 0 aliphatic carbocycles. The number of benzene rings is 1. The van der Waals surface area contributed by atoms with Crippen LogP contribution >= 0.6 is 11.6 Å². The fourth-order valence-electron chi connectivity index (χ4n) is 3.24. The fraction of sp³-hybridized carbons (Fsp3) is 0.350. The maximum absolute atomic E-state index is 12.6. The van der Waals surface area contributed by atoms with Gasteiger partial charge in [-0.3, -0.25) is 14.5 Å². The van der Waals surface area contributed by atoms with Gasteiger partial charge in [-0.05, 0) is 18.2 Å². The number of nitrogens with one attached hydrogen (secondary N) is 3. The molecule has 3 N–H and O–H groups in total. The highest BCUT2D eigenvalue weighted by Crippen LogP contribution is 2.19. The topological polar surface area (TPSA) is 71.2 Å². The molecule has 2 heterocycles. The van der Waals surface area contributed by atoms with E-state index in [4.69, 9.17) is 11.6 Å². The van der Waals surface area contributed by atoms with Crippen molar-refractivity contribution >= 4 is 34.9 Å². The van der Waals surface area contributed by atoms with Crippen molar-refractivity contribution in [2.75, 3.05) is 56.5 Å². The molecule has 7 nitrogen and oxygen atoms in total. The molecule has 3 rings (SSSR count). The number of piperazine rings is 1. The van der Waals surface area contributed by atoms with Crippen LogP contribution in [-0.4, -0.2) is 63.0 Å². The molecule has 0 spiro atoms. The van der Waals surface area contributed by atoms with Crippen LogP contribution in [0.25, 0.3) is 0 Å². The third-order valence-electron chi connectivity index (χ3n) is 4.73. The van der Waals surface area contributed by atoms with Crippen LogP contribution in [0.5, 0.6) is 0 Å². The minimum Gasteiger partial charge on any atom is -0.330 e. The summed E-state index contributed by atoms with van der Waals surface area (Å²) in [6.45, 7) is 3.43. The standard InChI is InChI=1S/C20H24ClN5O2/c1-24(14-19(27)23-17-7-3-2-6-16(17)21)15-20(28)26-12-10-25(11-13-26)18-8-4-5-9-22-18/h2-9H,10-15H2,1H3,(H,23,27)/p+2. The van der Waals surface area contributed by atoms with Gasteiger partial charge in [0, 0.05) is 6.07 Å². The van der Waals surface area contributed by atoms with E-state index in [2.05, 4.69) is 15.2 Å². The van der Waals surface area contributed by atoms with Gasteiger partial charge in [-0.2, -0.15) is 0 Å². The number of likely N-dealkylation sites (N-methyl/N-ethyl adjacent to an activating group) is 1. The lowest BCUT2D eigenvalue weighted by molar-refractivity contribution is -0.862. The molecule has 0 bridgehead atoms. The van der Waals surface area contributed by atoms with Crippen LogP contribution in [0.15, 0.2) is 48.7 Å². The molecule has 1 aromatic carbocycles. The van der Waals surface area contributed by atoms with Crippen molar-refractivity contribution in [2.45, 2.75) is 0 Å². The molecule has 0 saturated carbocycles. The number of quaternary nitrogens is 1. The van der Waals surface area contributed by atoms with Crippen molar-refractivity contribution in [3.05, 3.63) is 53.7 Å². The third kappa shape index (κ3) is 5.43. The molecule has 2 amide bonds. The maximum Gasteiger partial charge on any atom is 0.279 e. The molecule has 2 aromatic rings. The Labute approximate surface area is 169 Å². The molecule has 0 radical (unpaired) electrons. The van der Waals surface area contributed by atoms with Gasteiger partial charge < -0.3 is 15.1 Å². The molecule has 1 aliphatic heterocycles. The lowest BCUT2D eigenvalue weighted by Gasteiger charge is -2.31. The average molecular weight is 404 g/mol. The second-order valence-electron chi connectivity index (χ2n) is 6.95. The Morgan fingerprint density at radius 1 is 1.07 bits per heavy atom. The summed E-state index contributed by atoms with van der Waals surface area (Å²) in [6.07, 6.45) is 1.90.